The maximum atomic E-state index is 12.6. The number of aromatic nitrogens is 3. The highest BCUT2D eigenvalue weighted by Gasteiger charge is 2.16. The predicted molar refractivity (Wildman–Crippen MR) is 125 cm³/mol. The van der Waals surface area contributed by atoms with E-state index in [2.05, 4.69) is 15.3 Å². The summed E-state index contributed by atoms with van der Waals surface area (Å²) >= 11 is 0. The number of fused-ring (bicyclic) bond motifs is 2. The van der Waals surface area contributed by atoms with Gasteiger partial charge in [0.15, 0.2) is 6.29 Å². The molecule has 4 rings (SSSR count). The largest absolute Gasteiger partial charge is 0.349 e. The average Bonchev–Trinajstić information content (AvgIpc) is 2.82. The van der Waals surface area contributed by atoms with E-state index in [0.717, 1.165) is 27.6 Å². The number of carbonyl (C=O) groups excluding carboxylic acids is 1. The van der Waals surface area contributed by atoms with Crippen LogP contribution in [0.15, 0.2) is 59.7 Å². The topological polar surface area (TPSA) is 94.8 Å². The summed E-state index contributed by atoms with van der Waals surface area (Å²) in [5.74, 6) is -0.420. The third-order valence-corrected chi connectivity index (χ3v) is 5.27. The fourth-order valence-corrected chi connectivity index (χ4v) is 3.67. The molecular formula is C25H26N4O4. The molecule has 4 aromatic rings. The van der Waals surface area contributed by atoms with Crippen molar-refractivity contribution in [1.82, 2.24) is 19.7 Å². The molecule has 0 fully saturated rings. The SMILES string of the molecule is CCOC(OCC)c1cc2cc(CNC(=O)c3cc(=O)n4ccccc4n3)cnc2cc1C. The molecule has 1 N–H and O–H groups in total. The predicted octanol–water partition coefficient (Wildman–Crippen LogP) is 3.55. The van der Waals surface area contributed by atoms with E-state index >= 15 is 0 Å². The van der Waals surface area contributed by atoms with Crippen molar-refractivity contribution in [2.24, 2.45) is 0 Å². The van der Waals surface area contributed by atoms with Crippen molar-refractivity contribution in [2.45, 2.75) is 33.6 Å². The van der Waals surface area contributed by atoms with Crippen LogP contribution in [-0.2, 0) is 16.0 Å². The molecule has 3 aromatic heterocycles. The first-order valence-electron chi connectivity index (χ1n) is 10.9. The zero-order valence-corrected chi connectivity index (χ0v) is 18.9. The second-order valence-corrected chi connectivity index (χ2v) is 7.58. The highest BCUT2D eigenvalue weighted by Crippen LogP contribution is 2.27. The average molecular weight is 447 g/mol. The summed E-state index contributed by atoms with van der Waals surface area (Å²) in [4.78, 5) is 33.7. The molecule has 1 amide bonds. The Bertz CT molecular complexity index is 1360. The van der Waals surface area contributed by atoms with E-state index < -0.39 is 12.2 Å². The summed E-state index contributed by atoms with van der Waals surface area (Å²) < 4.78 is 12.9. The molecular weight excluding hydrogens is 420 g/mol. The van der Waals surface area contributed by atoms with Crippen LogP contribution in [0, 0.1) is 6.92 Å². The highest BCUT2D eigenvalue weighted by atomic mass is 16.7. The monoisotopic (exact) mass is 446 g/mol. The lowest BCUT2D eigenvalue weighted by molar-refractivity contribution is -0.140. The van der Waals surface area contributed by atoms with Crippen molar-refractivity contribution in [3.8, 4) is 0 Å². The Kier molecular flexibility index (Phi) is 6.76. The molecule has 8 heteroatoms. The minimum Gasteiger partial charge on any atom is -0.349 e. The lowest BCUT2D eigenvalue weighted by Crippen LogP contribution is -2.27. The van der Waals surface area contributed by atoms with Gasteiger partial charge >= 0.3 is 0 Å². The van der Waals surface area contributed by atoms with E-state index in [4.69, 9.17) is 9.47 Å². The minimum absolute atomic E-state index is 0.0779. The van der Waals surface area contributed by atoms with Crippen molar-refractivity contribution in [3.05, 3.63) is 87.6 Å². The second-order valence-electron chi connectivity index (χ2n) is 7.58. The summed E-state index contributed by atoms with van der Waals surface area (Å²) in [6.07, 6.45) is 2.91. The van der Waals surface area contributed by atoms with E-state index in [1.54, 1.807) is 30.6 Å². The van der Waals surface area contributed by atoms with Gasteiger partial charge in [-0.15, -0.1) is 0 Å². The summed E-state index contributed by atoms with van der Waals surface area (Å²) in [7, 11) is 0. The summed E-state index contributed by atoms with van der Waals surface area (Å²) in [6, 6.07) is 12.4. The summed E-state index contributed by atoms with van der Waals surface area (Å²) in [5.41, 5.74) is 3.86. The lowest BCUT2D eigenvalue weighted by atomic mass is 10.0. The molecule has 0 aliphatic rings. The molecule has 0 unspecified atom stereocenters. The Hall–Kier alpha value is -3.62. The van der Waals surface area contributed by atoms with Crippen molar-refractivity contribution in [2.75, 3.05) is 13.2 Å². The van der Waals surface area contributed by atoms with Gasteiger partial charge in [0, 0.05) is 49.2 Å². The van der Waals surface area contributed by atoms with Gasteiger partial charge in [0.1, 0.15) is 11.3 Å². The number of nitrogens with one attached hydrogen (secondary N) is 1. The van der Waals surface area contributed by atoms with Gasteiger partial charge in [-0.2, -0.15) is 0 Å². The first-order chi connectivity index (χ1) is 16.0. The fourth-order valence-electron chi connectivity index (χ4n) is 3.67. The number of rotatable bonds is 8. The van der Waals surface area contributed by atoms with E-state index in [1.807, 2.05) is 39.0 Å². The molecule has 3 heterocycles. The van der Waals surface area contributed by atoms with Crippen LogP contribution in [0.5, 0.6) is 0 Å². The van der Waals surface area contributed by atoms with Gasteiger partial charge in [-0.25, -0.2) is 4.98 Å². The first-order valence-corrected chi connectivity index (χ1v) is 10.9. The van der Waals surface area contributed by atoms with E-state index in [9.17, 15) is 9.59 Å². The van der Waals surface area contributed by atoms with Crippen LogP contribution < -0.4 is 10.9 Å². The van der Waals surface area contributed by atoms with Crippen LogP contribution in [0.25, 0.3) is 16.6 Å². The molecule has 0 bridgehead atoms. The smallest absolute Gasteiger partial charge is 0.270 e. The number of hydrogen-bond acceptors (Lipinski definition) is 6. The van der Waals surface area contributed by atoms with Crippen LogP contribution in [-0.4, -0.2) is 33.5 Å². The minimum atomic E-state index is -0.439. The second kappa shape index (κ2) is 9.89. The van der Waals surface area contributed by atoms with E-state index in [-0.39, 0.29) is 17.8 Å². The Balaban J connectivity index is 1.55. The summed E-state index contributed by atoms with van der Waals surface area (Å²) in [6.45, 7) is 7.21. The third kappa shape index (κ3) is 4.92. The van der Waals surface area contributed by atoms with Crippen LogP contribution >= 0.6 is 0 Å². The van der Waals surface area contributed by atoms with Crippen LogP contribution in [0.1, 0.15) is 47.3 Å². The van der Waals surface area contributed by atoms with Crippen LogP contribution in [0.4, 0.5) is 0 Å². The molecule has 0 saturated heterocycles. The fraction of sp³-hybridized carbons (Fsp3) is 0.280. The van der Waals surface area contributed by atoms with Gasteiger partial charge in [0.25, 0.3) is 11.5 Å². The zero-order chi connectivity index (χ0) is 23.4. The normalized spacial score (nSPS) is 11.4. The number of amides is 1. The molecule has 170 valence electrons. The number of carbonyl (C=O) groups is 1. The summed E-state index contributed by atoms with van der Waals surface area (Å²) in [5, 5.41) is 3.75. The van der Waals surface area contributed by atoms with Gasteiger partial charge in [-0.3, -0.25) is 19.0 Å². The number of aryl methyl sites for hydroxylation is 1. The van der Waals surface area contributed by atoms with Gasteiger partial charge in [-0.1, -0.05) is 6.07 Å². The van der Waals surface area contributed by atoms with Crippen molar-refractivity contribution in [1.29, 1.82) is 0 Å². The highest BCUT2D eigenvalue weighted by molar-refractivity contribution is 5.92. The number of hydrogen-bond donors (Lipinski definition) is 1. The van der Waals surface area contributed by atoms with Crippen molar-refractivity contribution in [3.63, 3.8) is 0 Å². The molecule has 1 aromatic carbocycles. The quantitative estimate of drug-likeness (QED) is 0.416. The Morgan fingerprint density at radius 3 is 2.67 bits per heavy atom. The van der Waals surface area contributed by atoms with Crippen molar-refractivity contribution < 1.29 is 14.3 Å². The van der Waals surface area contributed by atoms with Gasteiger partial charge in [0.2, 0.25) is 0 Å². The lowest BCUT2D eigenvalue weighted by Gasteiger charge is -2.20. The molecule has 8 nitrogen and oxygen atoms in total. The van der Waals surface area contributed by atoms with E-state index in [1.165, 1.54) is 10.5 Å². The van der Waals surface area contributed by atoms with E-state index in [0.29, 0.717) is 18.9 Å². The molecule has 0 aliphatic heterocycles. The maximum Gasteiger partial charge on any atom is 0.270 e. The van der Waals surface area contributed by atoms with Gasteiger partial charge in [-0.05, 0) is 62.2 Å². The number of ether oxygens (including phenoxy) is 2. The maximum absolute atomic E-state index is 12.6. The van der Waals surface area contributed by atoms with Crippen LogP contribution in [0.3, 0.4) is 0 Å². The molecule has 0 saturated carbocycles. The molecule has 0 aliphatic carbocycles. The molecule has 0 spiro atoms. The number of pyridine rings is 2. The van der Waals surface area contributed by atoms with Gasteiger partial charge < -0.3 is 14.8 Å². The van der Waals surface area contributed by atoms with Gasteiger partial charge in [0.05, 0.1) is 5.52 Å². The zero-order valence-electron chi connectivity index (χ0n) is 18.9. The van der Waals surface area contributed by atoms with Crippen molar-refractivity contribution >= 4 is 22.5 Å². The molecule has 0 radical (unpaired) electrons. The molecule has 0 atom stereocenters. The number of nitrogens with zero attached hydrogens (tertiary/aromatic N) is 3. The Morgan fingerprint density at radius 2 is 1.91 bits per heavy atom. The van der Waals surface area contributed by atoms with Crippen LogP contribution in [0.2, 0.25) is 0 Å². The number of benzene rings is 1. The Morgan fingerprint density at radius 1 is 1.12 bits per heavy atom. The Labute approximate surface area is 191 Å². The first kappa shape index (κ1) is 22.6. The molecule has 33 heavy (non-hydrogen) atoms. The standard InChI is InChI=1S/C25H26N4O4/c1-4-32-25(33-5-2)19-12-18-11-17(14-26-20(18)10-16(19)3)15-27-24(31)21-13-23(30)29-9-7-6-8-22(29)28-21/h6-14,25H,4-5,15H2,1-3H3,(H,27,31). The third-order valence-electron chi connectivity index (χ3n) is 5.27.